The highest BCUT2D eigenvalue weighted by Crippen LogP contribution is 2.41. The molecule has 3 rings (SSSR count). The summed E-state index contributed by atoms with van der Waals surface area (Å²) in [7, 11) is 0. The van der Waals surface area contributed by atoms with Gasteiger partial charge in [0, 0.05) is 22.9 Å². The van der Waals surface area contributed by atoms with Gasteiger partial charge in [0.15, 0.2) is 0 Å². The van der Waals surface area contributed by atoms with Crippen LogP contribution in [0.5, 0.6) is 0 Å². The van der Waals surface area contributed by atoms with Crippen molar-refractivity contribution in [2.24, 2.45) is 17.6 Å². The molecular weight excluding hydrogens is 384 g/mol. The maximum atomic E-state index is 13.7. The number of carbonyl (C=O) groups excluding carboxylic acids is 1. The molecule has 1 aromatic heterocycles. The quantitative estimate of drug-likeness (QED) is 0.703. The lowest BCUT2D eigenvalue weighted by Crippen LogP contribution is -2.47. The van der Waals surface area contributed by atoms with Crippen LogP contribution in [0.4, 0.5) is 5.69 Å². The lowest BCUT2D eigenvalue weighted by atomic mass is 9.81. The molecule has 0 atom stereocenters. The number of nitrogens with zero attached hydrogens (tertiary/aromatic N) is 1. The SMILES string of the molecule is CC(C)(C)c1cc(N(C(=O)[C@H]2CC[C@H](C)CC2)C2CCC(N)CC2)c(C(=O)O)s1. The number of aromatic carboxylic acids is 1. The normalized spacial score (nSPS) is 28.2. The molecule has 0 radical (unpaired) electrons. The minimum Gasteiger partial charge on any atom is -0.477 e. The molecule has 5 nitrogen and oxygen atoms in total. The van der Waals surface area contributed by atoms with Gasteiger partial charge in [-0.15, -0.1) is 11.3 Å². The first-order valence-electron chi connectivity index (χ1n) is 11.0. The predicted molar refractivity (Wildman–Crippen MR) is 119 cm³/mol. The molecule has 1 aromatic rings. The molecule has 0 saturated heterocycles. The van der Waals surface area contributed by atoms with Gasteiger partial charge in [-0.1, -0.05) is 27.7 Å². The third-order valence-electron chi connectivity index (χ3n) is 6.61. The summed E-state index contributed by atoms with van der Waals surface area (Å²) in [5.74, 6) is -0.147. The van der Waals surface area contributed by atoms with Gasteiger partial charge in [0.1, 0.15) is 4.88 Å². The Morgan fingerprint density at radius 1 is 1.07 bits per heavy atom. The van der Waals surface area contributed by atoms with Crippen molar-refractivity contribution in [1.82, 2.24) is 0 Å². The van der Waals surface area contributed by atoms with E-state index in [0.717, 1.165) is 56.2 Å². The maximum absolute atomic E-state index is 13.7. The molecule has 6 heteroatoms. The molecule has 3 N–H and O–H groups in total. The Hall–Kier alpha value is -1.40. The lowest BCUT2D eigenvalue weighted by molar-refractivity contribution is -0.124. The lowest BCUT2D eigenvalue weighted by Gasteiger charge is -2.39. The highest BCUT2D eigenvalue weighted by Gasteiger charge is 2.37. The number of rotatable bonds is 4. The van der Waals surface area contributed by atoms with Crippen LogP contribution in [0.1, 0.15) is 93.6 Å². The van der Waals surface area contributed by atoms with Crippen LogP contribution >= 0.6 is 11.3 Å². The fourth-order valence-corrected chi connectivity index (χ4v) is 5.69. The van der Waals surface area contributed by atoms with Gasteiger partial charge in [0.2, 0.25) is 5.91 Å². The first-order valence-corrected chi connectivity index (χ1v) is 11.9. The second-order valence-corrected chi connectivity index (χ2v) is 11.2. The van der Waals surface area contributed by atoms with Gasteiger partial charge < -0.3 is 15.7 Å². The van der Waals surface area contributed by atoms with Gasteiger partial charge in [-0.05, 0) is 68.8 Å². The zero-order valence-corrected chi connectivity index (χ0v) is 19.1. The van der Waals surface area contributed by atoms with Crippen LogP contribution in [-0.2, 0) is 10.2 Å². The molecule has 0 aliphatic heterocycles. The van der Waals surface area contributed by atoms with Gasteiger partial charge in [-0.25, -0.2) is 4.79 Å². The Kier molecular flexibility index (Phi) is 6.74. The van der Waals surface area contributed by atoms with E-state index < -0.39 is 5.97 Å². The Balaban J connectivity index is 2.00. The molecule has 29 heavy (non-hydrogen) atoms. The highest BCUT2D eigenvalue weighted by atomic mass is 32.1. The number of carboxylic acid groups (broad SMARTS) is 1. The summed E-state index contributed by atoms with van der Waals surface area (Å²) in [6.07, 6.45) is 7.41. The number of hydrogen-bond donors (Lipinski definition) is 2. The zero-order chi connectivity index (χ0) is 21.3. The molecule has 0 spiro atoms. The predicted octanol–water partition coefficient (Wildman–Crippen LogP) is 5.17. The number of anilines is 1. The molecular formula is C23H36N2O3S. The number of nitrogens with two attached hydrogens (primary N) is 1. The minimum atomic E-state index is -0.942. The third-order valence-corrected chi connectivity index (χ3v) is 8.15. The van der Waals surface area contributed by atoms with E-state index in [1.807, 2.05) is 11.0 Å². The standard InChI is InChI=1S/C23H36N2O3S/c1-14-5-7-15(8-6-14)21(26)25(17-11-9-16(24)10-12-17)18-13-19(23(2,3)4)29-20(18)22(27)28/h13-17H,5-12,24H2,1-4H3,(H,27,28)/t14-,15-,16?,17?. The van der Waals surface area contributed by atoms with Crippen molar-refractivity contribution in [3.8, 4) is 0 Å². The van der Waals surface area contributed by atoms with E-state index >= 15 is 0 Å². The topological polar surface area (TPSA) is 83.6 Å². The summed E-state index contributed by atoms with van der Waals surface area (Å²) in [5, 5.41) is 9.91. The van der Waals surface area contributed by atoms with E-state index in [0.29, 0.717) is 16.5 Å². The van der Waals surface area contributed by atoms with E-state index in [2.05, 4.69) is 27.7 Å². The average Bonchev–Trinajstić information content (AvgIpc) is 3.10. The van der Waals surface area contributed by atoms with E-state index in [1.165, 1.54) is 11.3 Å². The van der Waals surface area contributed by atoms with Gasteiger partial charge in [0.25, 0.3) is 0 Å². The molecule has 2 saturated carbocycles. The molecule has 162 valence electrons. The van der Waals surface area contributed by atoms with Crippen molar-refractivity contribution >= 4 is 28.9 Å². The smallest absolute Gasteiger partial charge is 0.348 e. The van der Waals surface area contributed by atoms with Crippen LogP contribution in [0.3, 0.4) is 0 Å². The molecule has 0 unspecified atom stereocenters. The second kappa shape index (κ2) is 8.76. The van der Waals surface area contributed by atoms with Crippen molar-refractivity contribution < 1.29 is 14.7 Å². The van der Waals surface area contributed by atoms with Crippen LogP contribution < -0.4 is 10.6 Å². The van der Waals surface area contributed by atoms with Gasteiger partial charge in [-0.3, -0.25) is 4.79 Å². The van der Waals surface area contributed by atoms with Crippen LogP contribution in [0.15, 0.2) is 6.07 Å². The number of hydrogen-bond acceptors (Lipinski definition) is 4. The van der Waals surface area contributed by atoms with Crippen molar-refractivity contribution in [2.45, 2.75) is 96.6 Å². The Morgan fingerprint density at radius 2 is 1.66 bits per heavy atom. The summed E-state index contributed by atoms with van der Waals surface area (Å²) in [6.45, 7) is 8.51. The number of thiophene rings is 1. The maximum Gasteiger partial charge on any atom is 0.348 e. The highest BCUT2D eigenvalue weighted by molar-refractivity contribution is 7.14. The van der Waals surface area contributed by atoms with Crippen LogP contribution in [0, 0.1) is 11.8 Å². The first kappa shape index (κ1) is 22.3. The largest absolute Gasteiger partial charge is 0.477 e. The average molecular weight is 421 g/mol. The van der Waals surface area contributed by atoms with E-state index in [1.54, 1.807) is 0 Å². The Morgan fingerprint density at radius 3 is 2.17 bits per heavy atom. The molecule has 0 aromatic carbocycles. The number of amides is 1. The summed E-state index contributed by atoms with van der Waals surface area (Å²) < 4.78 is 0. The molecule has 1 heterocycles. The van der Waals surface area contributed by atoms with Gasteiger partial charge >= 0.3 is 5.97 Å². The van der Waals surface area contributed by atoms with Crippen LogP contribution in [0.2, 0.25) is 0 Å². The molecule has 1 amide bonds. The van der Waals surface area contributed by atoms with E-state index in [-0.39, 0.29) is 29.3 Å². The van der Waals surface area contributed by atoms with E-state index in [9.17, 15) is 14.7 Å². The summed E-state index contributed by atoms with van der Waals surface area (Å²) in [4.78, 5) is 29.0. The van der Waals surface area contributed by atoms with Gasteiger partial charge in [0.05, 0.1) is 5.69 Å². The van der Waals surface area contributed by atoms with Crippen molar-refractivity contribution in [3.05, 3.63) is 15.8 Å². The monoisotopic (exact) mass is 420 g/mol. The third kappa shape index (κ3) is 5.02. The fraction of sp³-hybridized carbons (Fsp3) is 0.739. The fourth-order valence-electron chi connectivity index (χ4n) is 4.64. The number of carboxylic acids is 1. The summed E-state index contributed by atoms with van der Waals surface area (Å²) in [5.41, 5.74) is 6.57. The summed E-state index contributed by atoms with van der Waals surface area (Å²) in [6, 6.07) is 2.19. The Bertz CT molecular complexity index is 736. The minimum absolute atomic E-state index is 0.00133. The van der Waals surface area contributed by atoms with Crippen LogP contribution in [-0.4, -0.2) is 29.1 Å². The van der Waals surface area contributed by atoms with Crippen molar-refractivity contribution in [1.29, 1.82) is 0 Å². The van der Waals surface area contributed by atoms with Crippen molar-refractivity contribution in [3.63, 3.8) is 0 Å². The number of carbonyl (C=O) groups is 2. The molecule has 2 aliphatic carbocycles. The Labute approximate surface area is 178 Å². The molecule has 2 fully saturated rings. The van der Waals surface area contributed by atoms with E-state index in [4.69, 9.17) is 5.73 Å². The second-order valence-electron chi connectivity index (χ2n) is 10.1. The molecule has 2 aliphatic rings. The van der Waals surface area contributed by atoms with Crippen LogP contribution in [0.25, 0.3) is 0 Å². The first-order chi connectivity index (χ1) is 13.6. The molecule has 0 bridgehead atoms. The summed E-state index contributed by atoms with van der Waals surface area (Å²) >= 11 is 1.31. The zero-order valence-electron chi connectivity index (χ0n) is 18.2. The van der Waals surface area contributed by atoms with Crippen molar-refractivity contribution in [2.75, 3.05) is 4.90 Å². The van der Waals surface area contributed by atoms with Gasteiger partial charge in [-0.2, -0.15) is 0 Å².